The number of hydrogen-bond acceptors (Lipinski definition) is 3. The first kappa shape index (κ1) is 15.9. The smallest absolute Gasteiger partial charge is 0.142 e. The summed E-state index contributed by atoms with van der Waals surface area (Å²) in [6.45, 7) is 2.60. The zero-order valence-corrected chi connectivity index (χ0v) is 14.2. The fourth-order valence-electron chi connectivity index (χ4n) is 2.49. The second-order valence-corrected chi connectivity index (χ2v) is 5.91. The van der Waals surface area contributed by atoms with Crippen LogP contribution in [0.5, 0.6) is 5.75 Å². The highest BCUT2D eigenvalue weighted by Crippen LogP contribution is 2.35. The molecular weight excluding hydrogens is 328 g/mol. The number of nitrogens with two attached hydrogens (primary N) is 1. The summed E-state index contributed by atoms with van der Waals surface area (Å²) in [4.78, 5) is 2.16. The summed E-state index contributed by atoms with van der Waals surface area (Å²) in [5, 5.41) is 0. The van der Waals surface area contributed by atoms with Gasteiger partial charge in [-0.25, -0.2) is 0 Å². The number of para-hydroxylation sites is 2. The second kappa shape index (κ2) is 6.96. The first-order valence-electron chi connectivity index (χ1n) is 6.90. The van der Waals surface area contributed by atoms with Crippen LogP contribution in [0.1, 0.15) is 17.2 Å². The maximum atomic E-state index is 6.04. The number of rotatable bonds is 5. The number of methoxy groups -OCH3 is 1. The van der Waals surface area contributed by atoms with Crippen LogP contribution in [-0.2, 0) is 0 Å². The van der Waals surface area contributed by atoms with E-state index in [9.17, 15) is 0 Å². The van der Waals surface area contributed by atoms with Crippen LogP contribution in [0.4, 0.5) is 5.69 Å². The Morgan fingerprint density at radius 3 is 2.57 bits per heavy atom. The number of hydrogen-bond donors (Lipinski definition) is 1. The number of ether oxygens (including phenoxy) is 1. The molecule has 21 heavy (non-hydrogen) atoms. The minimum Gasteiger partial charge on any atom is -0.495 e. The van der Waals surface area contributed by atoms with Crippen LogP contribution < -0.4 is 15.4 Å². The highest BCUT2D eigenvalue weighted by molar-refractivity contribution is 9.10. The zero-order valence-electron chi connectivity index (χ0n) is 12.6. The van der Waals surface area contributed by atoms with Gasteiger partial charge in [-0.1, -0.05) is 40.2 Å². The van der Waals surface area contributed by atoms with E-state index in [0.717, 1.165) is 15.9 Å². The summed E-state index contributed by atoms with van der Waals surface area (Å²) in [6.07, 6.45) is 0. The summed E-state index contributed by atoms with van der Waals surface area (Å²) >= 11 is 3.65. The van der Waals surface area contributed by atoms with E-state index in [2.05, 4.69) is 46.0 Å². The second-order valence-electron chi connectivity index (χ2n) is 5.06. The van der Waals surface area contributed by atoms with Gasteiger partial charge in [-0.05, 0) is 36.2 Å². The van der Waals surface area contributed by atoms with E-state index in [1.165, 1.54) is 11.1 Å². The van der Waals surface area contributed by atoms with Crippen molar-refractivity contribution in [1.82, 2.24) is 0 Å². The minimum absolute atomic E-state index is 0.0799. The van der Waals surface area contributed by atoms with Crippen LogP contribution in [0.3, 0.4) is 0 Å². The molecule has 1 unspecified atom stereocenters. The van der Waals surface area contributed by atoms with E-state index in [0.29, 0.717) is 6.54 Å². The molecule has 0 aromatic heterocycles. The number of anilines is 1. The van der Waals surface area contributed by atoms with Gasteiger partial charge < -0.3 is 15.4 Å². The Balaban J connectivity index is 2.40. The molecule has 0 spiro atoms. The number of nitrogens with zero attached hydrogens (tertiary/aromatic N) is 1. The average Bonchev–Trinajstić information content (AvgIpc) is 2.49. The number of likely N-dealkylation sites (N-methyl/N-ethyl adjacent to an activating group) is 1. The van der Waals surface area contributed by atoms with Crippen LogP contribution in [0.15, 0.2) is 46.9 Å². The topological polar surface area (TPSA) is 38.5 Å². The maximum absolute atomic E-state index is 6.04. The van der Waals surface area contributed by atoms with Crippen LogP contribution in [0.25, 0.3) is 0 Å². The van der Waals surface area contributed by atoms with Crippen molar-refractivity contribution < 1.29 is 4.74 Å². The van der Waals surface area contributed by atoms with Crippen molar-refractivity contribution in [2.24, 2.45) is 5.73 Å². The predicted octanol–water partition coefficient (Wildman–Crippen LogP) is 3.90. The predicted molar refractivity (Wildman–Crippen MR) is 92.1 cm³/mol. The van der Waals surface area contributed by atoms with E-state index < -0.39 is 0 Å². The third kappa shape index (κ3) is 3.39. The van der Waals surface area contributed by atoms with E-state index in [-0.39, 0.29) is 6.04 Å². The van der Waals surface area contributed by atoms with Crippen molar-refractivity contribution in [3.63, 3.8) is 0 Å². The number of aryl methyl sites for hydroxylation is 1. The fourth-order valence-corrected chi connectivity index (χ4v) is 3.24. The Morgan fingerprint density at radius 2 is 1.95 bits per heavy atom. The SMILES string of the molecule is COc1ccccc1N(C)C(CN)c1ccc(C)cc1Br. The van der Waals surface area contributed by atoms with E-state index in [4.69, 9.17) is 10.5 Å². The summed E-state index contributed by atoms with van der Waals surface area (Å²) in [5.41, 5.74) is 9.47. The molecule has 4 heteroatoms. The maximum Gasteiger partial charge on any atom is 0.142 e. The van der Waals surface area contributed by atoms with Crippen molar-refractivity contribution in [3.05, 3.63) is 58.1 Å². The molecule has 0 saturated carbocycles. The van der Waals surface area contributed by atoms with Crippen molar-refractivity contribution >= 4 is 21.6 Å². The minimum atomic E-state index is 0.0799. The Labute approximate surface area is 134 Å². The van der Waals surface area contributed by atoms with Gasteiger partial charge in [0.05, 0.1) is 18.8 Å². The lowest BCUT2D eigenvalue weighted by Gasteiger charge is -2.31. The Morgan fingerprint density at radius 1 is 1.24 bits per heavy atom. The molecule has 2 rings (SSSR count). The van der Waals surface area contributed by atoms with Gasteiger partial charge >= 0.3 is 0 Å². The third-order valence-corrected chi connectivity index (χ3v) is 4.36. The molecule has 0 bridgehead atoms. The Kier molecular flexibility index (Phi) is 5.26. The molecule has 2 aromatic rings. The summed E-state index contributed by atoms with van der Waals surface area (Å²) < 4.78 is 6.54. The number of benzene rings is 2. The Bertz CT molecular complexity index is 615. The van der Waals surface area contributed by atoms with E-state index >= 15 is 0 Å². The van der Waals surface area contributed by atoms with Gasteiger partial charge in [0.25, 0.3) is 0 Å². The average molecular weight is 349 g/mol. The zero-order chi connectivity index (χ0) is 15.4. The highest BCUT2D eigenvalue weighted by atomic mass is 79.9. The molecule has 0 aliphatic carbocycles. The number of halogens is 1. The molecule has 0 aliphatic heterocycles. The van der Waals surface area contributed by atoms with E-state index in [1.807, 2.05) is 31.3 Å². The molecule has 2 N–H and O–H groups in total. The molecule has 0 aliphatic rings. The van der Waals surface area contributed by atoms with Gasteiger partial charge in [0.15, 0.2) is 0 Å². The van der Waals surface area contributed by atoms with Crippen LogP contribution >= 0.6 is 15.9 Å². The van der Waals surface area contributed by atoms with Crippen LogP contribution in [0, 0.1) is 6.92 Å². The van der Waals surface area contributed by atoms with Gasteiger partial charge in [-0.15, -0.1) is 0 Å². The van der Waals surface area contributed by atoms with Gasteiger partial charge in [0.1, 0.15) is 5.75 Å². The third-order valence-electron chi connectivity index (χ3n) is 3.67. The lowest BCUT2D eigenvalue weighted by Crippen LogP contribution is -2.31. The van der Waals surface area contributed by atoms with Crippen molar-refractivity contribution in [2.45, 2.75) is 13.0 Å². The lowest BCUT2D eigenvalue weighted by atomic mass is 10.0. The molecule has 3 nitrogen and oxygen atoms in total. The molecule has 0 fully saturated rings. The largest absolute Gasteiger partial charge is 0.495 e. The normalized spacial score (nSPS) is 12.0. The first-order chi connectivity index (χ1) is 10.1. The standard InChI is InChI=1S/C17H21BrN2O/c1-12-8-9-13(14(18)10-12)16(11-19)20(2)15-6-4-5-7-17(15)21-3/h4-10,16H,11,19H2,1-3H3. The van der Waals surface area contributed by atoms with E-state index in [1.54, 1.807) is 7.11 Å². The highest BCUT2D eigenvalue weighted by Gasteiger charge is 2.20. The van der Waals surface area contributed by atoms with Crippen molar-refractivity contribution in [1.29, 1.82) is 0 Å². The monoisotopic (exact) mass is 348 g/mol. The first-order valence-corrected chi connectivity index (χ1v) is 7.69. The van der Waals surface area contributed by atoms with Gasteiger partial charge in [-0.2, -0.15) is 0 Å². The van der Waals surface area contributed by atoms with Crippen molar-refractivity contribution in [3.8, 4) is 5.75 Å². The fraction of sp³-hybridized carbons (Fsp3) is 0.294. The summed E-state index contributed by atoms with van der Waals surface area (Å²) in [7, 11) is 3.73. The van der Waals surface area contributed by atoms with Crippen molar-refractivity contribution in [2.75, 3.05) is 25.6 Å². The molecule has 0 heterocycles. The molecule has 0 amide bonds. The van der Waals surface area contributed by atoms with Gasteiger partial charge in [0.2, 0.25) is 0 Å². The molecule has 2 aromatic carbocycles. The molecule has 112 valence electrons. The molecular formula is C17H21BrN2O. The Hall–Kier alpha value is -1.52. The van der Waals surface area contributed by atoms with Gasteiger partial charge in [0, 0.05) is 18.1 Å². The molecule has 0 saturated heterocycles. The molecule has 1 atom stereocenters. The van der Waals surface area contributed by atoms with Crippen LogP contribution in [0.2, 0.25) is 0 Å². The summed E-state index contributed by atoms with van der Waals surface area (Å²) in [6, 6.07) is 14.4. The quantitative estimate of drug-likeness (QED) is 0.890. The van der Waals surface area contributed by atoms with Gasteiger partial charge in [-0.3, -0.25) is 0 Å². The van der Waals surface area contributed by atoms with Crippen LogP contribution in [-0.4, -0.2) is 20.7 Å². The molecule has 0 radical (unpaired) electrons. The summed E-state index contributed by atoms with van der Waals surface area (Å²) in [5.74, 6) is 0.849. The lowest BCUT2D eigenvalue weighted by molar-refractivity contribution is 0.413.